The van der Waals surface area contributed by atoms with Crippen LogP contribution in [0, 0.1) is 0 Å². The van der Waals surface area contributed by atoms with Crippen LogP contribution in [0.5, 0.6) is 0 Å². The molecule has 0 N–H and O–H groups in total. The molecule has 0 saturated heterocycles. The first-order valence-corrected chi connectivity index (χ1v) is 5.74. The summed E-state index contributed by atoms with van der Waals surface area (Å²) >= 11 is 0. The van der Waals surface area contributed by atoms with E-state index in [4.69, 9.17) is 0 Å². The van der Waals surface area contributed by atoms with E-state index in [0.717, 1.165) is 0 Å². The molecule has 14 heavy (non-hydrogen) atoms. The van der Waals surface area contributed by atoms with E-state index in [-0.39, 0.29) is 0 Å². The molecule has 1 nitrogen and oxygen atoms in total. The number of unbranched alkanes of at least 4 members (excludes halogenated alkanes) is 3. The second-order valence-corrected chi connectivity index (χ2v) is 4.03. The van der Waals surface area contributed by atoms with Gasteiger partial charge in [-0.05, 0) is 30.0 Å². The van der Waals surface area contributed by atoms with Gasteiger partial charge in [0.2, 0.25) is 0 Å². The van der Waals surface area contributed by atoms with Gasteiger partial charge < -0.3 is 0 Å². The van der Waals surface area contributed by atoms with Crippen LogP contribution in [0.15, 0.2) is 24.5 Å². The van der Waals surface area contributed by atoms with E-state index in [1.165, 1.54) is 37.7 Å². The summed E-state index contributed by atoms with van der Waals surface area (Å²) in [5.41, 5.74) is 1.43. The minimum Gasteiger partial charge on any atom is -0.265 e. The molecule has 0 radical (unpaired) electrons. The molecule has 1 unspecified atom stereocenters. The molecule has 0 aliphatic carbocycles. The summed E-state index contributed by atoms with van der Waals surface area (Å²) in [5, 5.41) is 0. The molecule has 0 spiro atoms. The van der Waals surface area contributed by atoms with Gasteiger partial charge in [-0.3, -0.25) is 4.98 Å². The average molecular weight is 191 g/mol. The van der Waals surface area contributed by atoms with Gasteiger partial charge in [-0.15, -0.1) is 0 Å². The molecule has 0 aliphatic heterocycles. The smallest absolute Gasteiger partial charge is 0.0270 e. The normalized spacial score (nSPS) is 12.7. The van der Waals surface area contributed by atoms with Gasteiger partial charge in [-0.2, -0.15) is 0 Å². The molecule has 1 heteroatoms. The fourth-order valence-electron chi connectivity index (χ4n) is 1.74. The minimum atomic E-state index is 0.690. The van der Waals surface area contributed by atoms with Gasteiger partial charge in [-0.25, -0.2) is 0 Å². The van der Waals surface area contributed by atoms with Crippen molar-refractivity contribution in [2.24, 2.45) is 0 Å². The second-order valence-electron chi connectivity index (χ2n) is 4.03. The monoisotopic (exact) mass is 191 g/mol. The van der Waals surface area contributed by atoms with Crippen molar-refractivity contribution < 1.29 is 0 Å². The van der Waals surface area contributed by atoms with Gasteiger partial charge in [0.15, 0.2) is 0 Å². The van der Waals surface area contributed by atoms with Gasteiger partial charge in [0.25, 0.3) is 0 Å². The summed E-state index contributed by atoms with van der Waals surface area (Å²) in [5.74, 6) is 0.690. The van der Waals surface area contributed by atoms with Gasteiger partial charge in [0.05, 0.1) is 0 Å². The lowest BCUT2D eigenvalue weighted by molar-refractivity contribution is 0.579. The summed E-state index contributed by atoms with van der Waals surface area (Å²) in [6, 6.07) is 4.26. The third-order valence-corrected chi connectivity index (χ3v) is 2.77. The van der Waals surface area contributed by atoms with E-state index in [2.05, 4.69) is 31.0 Å². The van der Waals surface area contributed by atoms with Gasteiger partial charge in [-0.1, -0.05) is 39.5 Å². The topological polar surface area (TPSA) is 12.9 Å². The molecule has 0 amide bonds. The van der Waals surface area contributed by atoms with Crippen molar-refractivity contribution in [3.8, 4) is 0 Å². The number of hydrogen-bond acceptors (Lipinski definition) is 1. The molecule has 1 aromatic heterocycles. The van der Waals surface area contributed by atoms with Crippen LogP contribution in [0.1, 0.15) is 57.4 Å². The molecule has 1 heterocycles. The van der Waals surface area contributed by atoms with Crippen LogP contribution < -0.4 is 0 Å². The first-order valence-electron chi connectivity index (χ1n) is 5.74. The maximum Gasteiger partial charge on any atom is 0.0270 e. The fraction of sp³-hybridized carbons (Fsp3) is 0.615. The van der Waals surface area contributed by atoms with Crippen molar-refractivity contribution in [1.82, 2.24) is 4.98 Å². The van der Waals surface area contributed by atoms with Gasteiger partial charge >= 0.3 is 0 Å². The zero-order valence-corrected chi connectivity index (χ0v) is 9.37. The Morgan fingerprint density at radius 1 is 1.14 bits per heavy atom. The molecule has 0 aliphatic rings. The highest BCUT2D eigenvalue weighted by atomic mass is 14.6. The van der Waals surface area contributed by atoms with Crippen molar-refractivity contribution in [3.05, 3.63) is 30.1 Å². The number of aromatic nitrogens is 1. The zero-order valence-electron chi connectivity index (χ0n) is 9.37. The van der Waals surface area contributed by atoms with E-state index in [1.54, 1.807) is 0 Å². The van der Waals surface area contributed by atoms with E-state index in [1.807, 2.05) is 12.4 Å². The average Bonchev–Trinajstić information content (AvgIpc) is 2.25. The Morgan fingerprint density at radius 2 is 1.86 bits per heavy atom. The van der Waals surface area contributed by atoms with Crippen LogP contribution >= 0.6 is 0 Å². The Morgan fingerprint density at radius 3 is 2.50 bits per heavy atom. The molecule has 0 saturated carbocycles. The summed E-state index contributed by atoms with van der Waals surface area (Å²) in [6.07, 6.45) is 10.5. The maximum atomic E-state index is 4.04. The third kappa shape index (κ3) is 3.91. The van der Waals surface area contributed by atoms with E-state index >= 15 is 0 Å². The molecular formula is C13H21N. The Balaban J connectivity index is 2.25. The summed E-state index contributed by atoms with van der Waals surface area (Å²) < 4.78 is 0. The predicted octanol–water partition coefficient (Wildman–Crippen LogP) is 4.16. The quantitative estimate of drug-likeness (QED) is 0.615. The van der Waals surface area contributed by atoms with Crippen LogP contribution in [0.4, 0.5) is 0 Å². The number of rotatable bonds is 6. The highest BCUT2D eigenvalue weighted by molar-refractivity contribution is 5.14. The minimum absolute atomic E-state index is 0.690. The van der Waals surface area contributed by atoms with Crippen LogP contribution in [0.3, 0.4) is 0 Å². The van der Waals surface area contributed by atoms with Crippen molar-refractivity contribution in [3.63, 3.8) is 0 Å². The molecule has 0 aromatic carbocycles. The van der Waals surface area contributed by atoms with E-state index < -0.39 is 0 Å². The zero-order chi connectivity index (χ0) is 10.2. The Labute approximate surface area is 87.6 Å². The Kier molecular flexibility index (Phi) is 5.28. The van der Waals surface area contributed by atoms with E-state index in [0.29, 0.717) is 5.92 Å². The molecule has 1 atom stereocenters. The molecule has 78 valence electrons. The van der Waals surface area contributed by atoms with Crippen molar-refractivity contribution in [2.45, 2.75) is 51.9 Å². The first kappa shape index (κ1) is 11.2. The summed E-state index contributed by atoms with van der Waals surface area (Å²) in [7, 11) is 0. The van der Waals surface area contributed by atoms with Crippen LogP contribution in [0.25, 0.3) is 0 Å². The van der Waals surface area contributed by atoms with Crippen molar-refractivity contribution in [2.75, 3.05) is 0 Å². The Bertz CT molecular complexity index is 230. The van der Waals surface area contributed by atoms with Crippen LogP contribution in [0.2, 0.25) is 0 Å². The third-order valence-electron chi connectivity index (χ3n) is 2.77. The number of hydrogen-bond donors (Lipinski definition) is 0. The molecular weight excluding hydrogens is 170 g/mol. The SMILES string of the molecule is CCCCCCC(C)c1ccncc1. The standard InChI is InChI=1S/C13H21N/c1-3-4-5-6-7-12(2)13-8-10-14-11-9-13/h8-12H,3-7H2,1-2H3. The largest absolute Gasteiger partial charge is 0.265 e. The second kappa shape index (κ2) is 6.58. The first-order chi connectivity index (χ1) is 6.84. The van der Waals surface area contributed by atoms with Crippen molar-refractivity contribution >= 4 is 0 Å². The summed E-state index contributed by atoms with van der Waals surface area (Å²) in [6.45, 7) is 4.56. The fourth-order valence-corrected chi connectivity index (χ4v) is 1.74. The van der Waals surface area contributed by atoms with E-state index in [9.17, 15) is 0 Å². The lowest BCUT2D eigenvalue weighted by Crippen LogP contribution is -1.93. The van der Waals surface area contributed by atoms with Crippen molar-refractivity contribution in [1.29, 1.82) is 0 Å². The molecule has 0 fully saturated rings. The van der Waals surface area contributed by atoms with Gasteiger partial charge in [0, 0.05) is 12.4 Å². The lowest BCUT2D eigenvalue weighted by Gasteiger charge is -2.10. The van der Waals surface area contributed by atoms with Crippen LogP contribution in [-0.4, -0.2) is 4.98 Å². The number of nitrogens with zero attached hydrogens (tertiary/aromatic N) is 1. The predicted molar refractivity (Wildman–Crippen MR) is 61.4 cm³/mol. The Hall–Kier alpha value is -0.850. The summed E-state index contributed by atoms with van der Waals surface area (Å²) in [4.78, 5) is 4.04. The van der Waals surface area contributed by atoms with Gasteiger partial charge in [0.1, 0.15) is 0 Å². The molecule has 1 rings (SSSR count). The highest BCUT2D eigenvalue weighted by Crippen LogP contribution is 2.20. The maximum absolute atomic E-state index is 4.04. The molecule has 1 aromatic rings. The van der Waals surface area contributed by atoms with Crippen LogP contribution in [-0.2, 0) is 0 Å². The number of pyridine rings is 1. The lowest BCUT2D eigenvalue weighted by atomic mass is 9.96. The highest BCUT2D eigenvalue weighted by Gasteiger charge is 2.03. The molecule has 0 bridgehead atoms.